The smallest absolute Gasteiger partial charge is 0.410 e. The molecule has 8 nitrogen and oxygen atoms in total. The van der Waals surface area contributed by atoms with Crippen molar-refractivity contribution in [3.63, 3.8) is 0 Å². The van der Waals surface area contributed by atoms with Gasteiger partial charge in [0.05, 0.1) is 13.2 Å². The van der Waals surface area contributed by atoms with E-state index in [4.69, 9.17) is 14.2 Å². The van der Waals surface area contributed by atoms with Crippen molar-refractivity contribution in [1.29, 1.82) is 0 Å². The highest BCUT2D eigenvalue weighted by Crippen LogP contribution is 2.31. The van der Waals surface area contributed by atoms with Gasteiger partial charge in [0.25, 0.3) is 0 Å². The minimum atomic E-state index is -0.858. The highest BCUT2D eigenvalue weighted by molar-refractivity contribution is 5.81. The van der Waals surface area contributed by atoms with E-state index in [1.54, 1.807) is 11.8 Å². The van der Waals surface area contributed by atoms with Crippen LogP contribution < -0.4 is 0 Å². The van der Waals surface area contributed by atoms with Gasteiger partial charge >= 0.3 is 18.2 Å². The van der Waals surface area contributed by atoms with Crippen molar-refractivity contribution in [2.24, 2.45) is 0 Å². The molecule has 35 heavy (non-hydrogen) atoms. The monoisotopic (exact) mass is 490 g/mol. The normalized spacial score (nSPS) is 18.6. The molecule has 0 bridgehead atoms. The Bertz CT molecular complexity index is 823. The molecule has 1 aliphatic rings. The number of methoxy groups -OCH3 is 1. The number of unbranched alkanes of at least 4 members (excludes halogenated alkanes) is 2. The van der Waals surface area contributed by atoms with Gasteiger partial charge in [-0.05, 0) is 52.5 Å². The zero-order valence-corrected chi connectivity index (χ0v) is 22.1. The van der Waals surface area contributed by atoms with E-state index in [-0.39, 0.29) is 31.3 Å². The van der Waals surface area contributed by atoms with Crippen LogP contribution >= 0.6 is 0 Å². The molecular formula is C27H42N2O6. The summed E-state index contributed by atoms with van der Waals surface area (Å²) in [5.74, 6) is -0.539. The molecule has 0 aliphatic carbocycles. The number of nitrogens with zero attached hydrogens (tertiary/aromatic N) is 2. The van der Waals surface area contributed by atoms with Gasteiger partial charge in [-0.1, -0.05) is 56.5 Å². The maximum atomic E-state index is 13.2. The van der Waals surface area contributed by atoms with Gasteiger partial charge in [0.2, 0.25) is 0 Å². The third-order valence-electron chi connectivity index (χ3n) is 6.22. The summed E-state index contributed by atoms with van der Waals surface area (Å²) in [7, 11) is 1.29. The second-order valence-electron chi connectivity index (χ2n) is 10.2. The minimum absolute atomic E-state index is 0.0389. The van der Waals surface area contributed by atoms with Crippen LogP contribution in [0.1, 0.15) is 78.7 Å². The third kappa shape index (κ3) is 8.75. The lowest BCUT2D eigenvalue weighted by molar-refractivity contribution is -0.146. The van der Waals surface area contributed by atoms with Crippen molar-refractivity contribution in [1.82, 2.24) is 9.80 Å². The van der Waals surface area contributed by atoms with E-state index in [9.17, 15) is 14.4 Å². The minimum Gasteiger partial charge on any atom is -0.467 e. The Morgan fingerprint density at radius 3 is 2.34 bits per heavy atom. The predicted molar refractivity (Wildman–Crippen MR) is 134 cm³/mol. The van der Waals surface area contributed by atoms with Crippen LogP contribution in [-0.2, 0) is 25.6 Å². The van der Waals surface area contributed by atoms with E-state index < -0.39 is 23.7 Å². The Balaban J connectivity index is 2.21. The van der Waals surface area contributed by atoms with Crippen molar-refractivity contribution >= 4 is 18.2 Å². The summed E-state index contributed by atoms with van der Waals surface area (Å²) in [6.07, 6.45) is 4.64. The molecule has 0 N–H and O–H groups in total. The van der Waals surface area contributed by atoms with Crippen LogP contribution in [-0.4, -0.2) is 65.3 Å². The number of esters is 1. The summed E-state index contributed by atoms with van der Waals surface area (Å²) in [6.45, 7) is 9.53. The molecular weight excluding hydrogens is 448 g/mol. The molecule has 2 rings (SSSR count). The number of carbonyl (C=O) groups is 3. The van der Waals surface area contributed by atoms with Crippen LogP contribution in [0.4, 0.5) is 9.59 Å². The lowest BCUT2D eigenvalue weighted by atomic mass is 10.1. The number of benzene rings is 1. The van der Waals surface area contributed by atoms with Crippen molar-refractivity contribution in [3.8, 4) is 0 Å². The Hall–Kier alpha value is -2.77. The van der Waals surface area contributed by atoms with Crippen LogP contribution in [0.2, 0.25) is 0 Å². The summed E-state index contributed by atoms with van der Waals surface area (Å²) in [5, 5.41) is 0. The fourth-order valence-electron chi connectivity index (χ4n) is 4.38. The first kappa shape index (κ1) is 28.5. The molecule has 0 spiro atoms. The van der Waals surface area contributed by atoms with Gasteiger partial charge in [-0.25, -0.2) is 14.4 Å². The fourth-order valence-corrected chi connectivity index (χ4v) is 4.38. The van der Waals surface area contributed by atoms with Gasteiger partial charge in [-0.15, -0.1) is 0 Å². The van der Waals surface area contributed by atoms with Crippen LogP contribution in [0.3, 0.4) is 0 Å². The number of hydrogen-bond donors (Lipinski definition) is 0. The first-order valence-electron chi connectivity index (χ1n) is 12.6. The van der Waals surface area contributed by atoms with Gasteiger partial charge < -0.3 is 19.1 Å². The molecule has 0 saturated carbocycles. The number of rotatable bonds is 10. The maximum Gasteiger partial charge on any atom is 0.410 e. The van der Waals surface area contributed by atoms with Gasteiger partial charge in [0.15, 0.2) is 0 Å². The number of ether oxygens (including phenoxy) is 3. The molecule has 1 heterocycles. The molecule has 1 aliphatic heterocycles. The van der Waals surface area contributed by atoms with Crippen LogP contribution in [0.25, 0.3) is 0 Å². The van der Waals surface area contributed by atoms with Gasteiger partial charge in [0.1, 0.15) is 18.2 Å². The molecule has 2 unspecified atom stereocenters. The van der Waals surface area contributed by atoms with E-state index in [0.717, 1.165) is 37.7 Å². The van der Waals surface area contributed by atoms with Crippen molar-refractivity contribution < 1.29 is 28.6 Å². The summed E-state index contributed by atoms with van der Waals surface area (Å²) in [6, 6.07) is 8.25. The molecule has 1 saturated heterocycles. The van der Waals surface area contributed by atoms with E-state index >= 15 is 0 Å². The molecule has 196 valence electrons. The zero-order valence-electron chi connectivity index (χ0n) is 22.1. The molecule has 8 heteroatoms. The summed E-state index contributed by atoms with van der Waals surface area (Å²) in [4.78, 5) is 41.9. The molecule has 0 aromatic heterocycles. The number of amides is 2. The molecule has 1 fully saturated rings. The quantitative estimate of drug-likeness (QED) is 0.243. The SMILES string of the molecule is CCCCCC1CCC(CN(C(=O)OCc2ccccc2)[C@@H](C)C(=O)OC)N1C(=O)OC(C)(C)C. The fraction of sp³-hybridized carbons (Fsp3) is 0.667. The second kappa shape index (κ2) is 13.4. The van der Waals surface area contributed by atoms with E-state index in [2.05, 4.69) is 6.92 Å². The Morgan fingerprint density at radius 1 is 1.09 bits per heavy atom. The van der Waals surface area contributed by atoms with Crippen molar-refractivity contribution in [3.05, 3.63) is 35.9 Å². The molecule has 2 amide bonds. The van der Waals surface area contributed by atoms with Gasteiger partial charge in [-0.2, -0.15) is 0 Å². The van der Waals surface area contributed by atoms with Crippen LogP contribution in [0, 0.1) is 0 Å². The second-order valence-corrected chi connectivity index (χ2v) is 10.2. The van der Waals surface area contributed by atoms with E-state index in [0.29, 0.717) is 6.42 Å². The van der Waals surface area contributed by atoms with Crippen molar-refractivity contribution in [2.75, 3.05) is 13.7 Å². The molecule has 1 aromatic rings. The first-order valence-corrected chi connectivity index (χ1v) is 12.6. The standard InChI is InChI=1S/C27H42N2O6/c1-7-8-10-15-22-16-17-23(29(22)26(32)35-27(3,4)5)18-28(20(2)24(30)33-6)25(31)34-19-21-13-11-9-12-14-21/h9,11-14,20,22-23H,7-8,10,15-19H2,1-6H3/t20-,22?,23?/m0/s1. The molecule has 3 atom stereocenters. The van der Waals surface area contributed by atoms with Crippen molar-refractivity contribution in [2.45, 2.75) is 103 Å². The molecule has 1 aromatic carbocycles. The van der Waals surface area contributed by atoms with Gasteiger partial charge in [0, 0.05) is 12.6 Å². The number of carbonyl (C=O) groups excluding carboxylic acids is 3. The summed E-state index contributed by atoms with van der Waals surface area (Å²) >= 11 is 0. The average molecular weight is 491 g/mol. The third-order valence-corrected chi connectivity index (χ3v) is 6.22. The van der Waals surface area contributed by atoms with E-state index in [1.165, 1.54) is 12.0 Å². The van der Waals surface area contributed by atoms with Gasteiger partial charge in [-0.3, -0.25) is 4.90 Å². The predicted octanol–water partition coefficient (Wildman–Crippen LogP) is 5.54. The molecule has 0 radical (unpaired) electrons. The van der Waals surface area contributed by atoms with E-state index in [1.807, 2.05) is 51.1 Å². The summed E-state index contributed by atoms with van der Waals surface area (Å²) in [5.41, 5.74) is 0.213. The highest BCUT2D eigenvalue weighted by Gasteiger charge is 2.42. The topological polar surface area (TPSA) is 85.4 Å². The first-order chi connectivity index (χ1) is 16.6. The number of hydrogen-bond acceptors (Lipinski definition) is 6. The van der Waals surface area contributed by atoms with Crippen LogP contribution in [0.5, 0.6) is 0 Å². The van der Waals surface area contributed by atoms with Crippen LogP contribution in [0.15, 0.2) is 30.3 Å². The summed E-state index contributed by atoms with van der Waals surface area (Å²) < 4.78 is 16.2. The highest BCUT2D eigenvalue weighted by atomic mass is 16.6. The Kier molecular flexibility index (Phi) is 10.9. The Morgan fingerprint density at radius 2 is 1.74 bits per heavy atom. The maximum absolute atomic E-state index is 13.2. The Labute approximate surface area is 209 Å². The zero-order chi connectivity index (χ0) is 26.0. The largest absolute Gasteiger partial charge is 0.467 e. The lowest BCUT2D eigenvalue weighted by Gasteiger charge is -2.36. The average Bonchev–Trinajstić information content (AvgIpc) is 3.22. The lowest BCUT2D eigenvalue weighted by Crippen LogP contribution is -2.53. The number of likely N-dealkylation sites (tertiary alicyclic amines) is 1.